The number of fused-ring (bicyclic) bond motifs is 1. The van der Waals surface area contributed by atoms with E-state index in [2.05, 4.69) is 71.3 Å². The smallest absolute Gasteiger partial charge is 0.0955 e. The lowest BCUT2D eigenvalue weighted by atomic mass is 10.1. The predicted octanol–water partition coefficient (Wildman–Crippen LogP) is 5.09. The van der Waals surface area contributed by atoms with Crippen LogP contribution in [0.2, 0.25) is 0 Å². The Bertz CT molecular complexity index is 1160. The van der Waals surface area contributed by atoms with E-state index < -0.39 is 0 Å². The number of hydrogen-bond acceptors (Lipinski definition) is 2. The Kier molecular flexibility index (Phi) is 3.61. The van der Waals surface area contributed by atoms with Gasteiger partial charge in [-0.05, 0) is 36.4 Å². The quantitative estimate of drug-likeness (QED) is 0.454. The molecule has 27 heavy (non-hydrogen) atoms. The van der Waals surface area contributed by atoms with E-state index in [1.807, 2.05) is 35.1 Å². The van der Waals surface area contributed by atoms with Gasteiger partial charge in [0.25, 0.3) is 0 Å². The summed E-state index contributed by atoms with van der Waals surface area (Å²) in [6.45, 7) is 0. The van der Waals surface area contributed by atoms with Crippen molar-refractivity contribution in [2.45, 2.75) is 0 Å². The van der Waals surface area contributed by atoms with Crippen LogP contribution < -0.4 is 0 Å². The first-order chi connectivity index (χ1) is 13.3. The molecule has 0 spiro atoms. The summed E-state index contributed by atoms with van der Waals surface area (Å²) < 4.78 is 4.14. The van der Waals surface area contributed by atoms with Crippen molar-refractivity contribution in [3.05, 3.63) is 91.4 Å². The average Bonchev–Trinajstić information content (AvgIpc) is 3.32. The maximum Gasteiger partial charge on any atom is 0.0955 e. The Balaban J connectivity index is 1.76. The monoisotopic (exact) mass is 350 g/mol. The third-order valence-corrected chi connectivity index (χ3v) is 4.84. The summed E-state index contributed by atoms with van der Waals surface area (Å²) in [5.41, 5.74) is 6.38. The second-order valence-corrected chi connectivity index (χ2v) is 6.57. The standard InChI is InChI=1S/C23H18N4/c1-26-16-20(19-11-5-6-12-22(19)26)21-14-23(17-8-7-13-24-15-17)27(25-21)18-9-3-2-4-10-18/h2-16H,1H3. The fourth-order valence-electron chi connectivity index (χ4n) is 3.54. The van der Waals surface area contributed by atoms with Crippen LogP contribution in [0.15, 0.2) is 91.4 Å². The zero-order chi connectivity index (χ0) is 18.2. The van der Waals surface area contributed by atoms with Crippen LogP contribution >= 0.6 is 0 Å². The summed E-state index contributed by atoms with van der Waals surface area (Å²) in [6, 6.07) is 24.8. The Hall–Kier alpha value is -3.66. The summed E-state index contributed by atoms with van der Waals surface area (Å²) in [7, 11) is 2.07. The van der Waals surface area contributed by atoms with Gasteiger partial charge in [0.2, 0.25) is 0 Å². The van der Waals surface area contributed by atoms with Gasteiger partial charge in [-0.1, -0.05) is 36.4 Å². The predicted molar refractivity (Wildman–Crippen MR) is 109 cm³/mol. The first-order valence-corrected chi connectivity index (χ1v) is 8.91. The average molecular weight is 350 g/mol. The van der Waals surface area contributed by atoms with E-state index >= 15 is 0 Å². The molecule has 0 unspecified atom stereocenters. The molecular formula is C23H18N4. The summed E-state index contributed by atoms with van der Waals surface area (Å²) in [5.74, 6) is 0. The van der Waals surface area contributed by atoms with Crippen LogP contribution in [0.1, 0.15) is 0 Å². The van der Waals surface area contributed by atoms with Crippen LogP contribution in [-0.2, 0) is 7.05 Å². The Labute approximate surface area is 157 Å². The second-order valence-electron chi connectivity index (χ2n) is 6.57. The molecule has 3 aromatic heterocycles. The molecular weight excluding hydrogens is 332 g/mol. The Morgan fingerprint density at radius 2 is 1.67 bits per heavy atom. The van der Waals surface area contributed by atoms with E-state index in [4.69, 9.17) is 5.10 Å². The summed E-state index contributed by atoms with van der Waals surface area (Å²) in [6.07, 6.45) is 5.82. The number of rotatable bonds is 3. The van der Waals surface area contributed by atoms with Crippen LogP contribution in [0.4, 0.5) is 0 Å². The van der Waals surface area contributed by atoms with Gasteiger partial charge < -0.3 is 4.57 Å². The molecule has 4 heteroatoms. The largest absolute Gasteiger partial charge is 0.350 e. The topological polar surface area (TPSA) is 35.6 Å². The van der Waals surface area contributed by atoms with Gasteiger partial charge >= 0.3 is 0 Å². The molecule has 5 rings (SSSR count). The van der Waals surface area contributed by atoms with Gasteiger partial charge in [-0.3, -0.25) is 4.98 Å². The van der Waals surface area contributed by atoms with E-state index in [0.29, 0.717) is 0 Å². The summed E-state index contributed by atoms with van der Waals surface area (Å²) in [4.78, 5) is 4.29. The van der Waals surface area contributed by atoms with Gasteiger partial charge in [-0.15, -0.1) is 0 Å². The lowest BCUT2D eigenvalue weighted by molar-refractivity contribution is 0.890. The molecule has 4 nitrogen and oxygen atoms in total. The number of aryl methyl sites for hydroxylation is 1. The number of para-hydroxylation sites is 2. The molecule has 0 amide bonds. The fraction of sp³-hybridized carbons (Fsp3) is 0.0435. The van der Waals surface area contributed by atoms with Gasteiger partial charge in [-0.2, -0.15) is 5.10 Å². The number of benzene rings is 2. The molecule has 0 aliphatic rings. The highest BCUT2D eigenvalue weighted by Crippen LogP contribution is 2.33. The fourth-order valence-corrected chi connectivity index (χ4v) is 3.54. The minimum Gasteiger partial charge on any atom is -0.350 e. The van der Waals surface area contributed by atoms with Crippen molar-refractivity contribution in [1.29, 1.82) is 0 Å². The Morgan fingerprint density at radius 3 is 2.48 bits per heavy atom. The third kappa shape index (κ3) is 2.62. The number of aromatic nitrogens is 4. The molecule has 3 heterocycles. The molecule has 0 atom stereocenters. The summed E-state index contributed by atoms with van der Waals surface area (Å²) in [5, 5.41) is 6.17. The van der Waals surface area contributed by atoms with Crippen LogP contribution in [0.3, 0.4) is 0 Å². The molecule has 0 saturated carbocycles. The van der Waals surface area contributed by atoms with E-state index in [9.17, 15) is 0 Å². The van der Waals surface area contributed by atoms with Crippen molar-refractivity contribution in [3.63, 3.8) is 0 Å². The van der Waals surface area contributed by atoms with Gasteiger partial charge in [0.1, 0.15) is 0 Å². The Morgan fingerprint density at radius 1 is 0.852 bits per heavy atom. The van der Waals surface area contributed by atoms with Crippen molar-refractivity contribution in [3.8, 4) is 28.2 Å². The molecule has 0 N–H and O–H groups in total. The molecule has 0 radical (unpaired) electrons. The summed E-state index contributed by atoms with van der Waals surface area (Å²) >= 11 is 0. The second kappa shape index (κ2) is 6.25. The van der Waals surface area contributed by atoms with Crippen LogP contribution in [0, 0.1) is 0 Å². The van der Waals surface area contributed by atoms with Crippen molar-refractivity contribution >= 4 is 10.9 Å². The molecule has 2 aromatic carbocycles. The van der Waals surface area contributed by atoms with Crippen LogP contribution in [-0.4, -0.2) is 19.3 Å². The van der Waals surface area contributed by atoms with Gasteiger partial charge in [0.15, 0.2) is 0 Å². The van der Waals surface area contributed by atoms with Gasteiger partial charge in [0.05, 0.1) is 17.1 Å². The normalized spacial score (nSPS) is 11.1. The molecule has 0 saturated heterocycles. The first-order valence-electron chi connectivity index (χ1n) is 8.91. The maximum atomic E-state index is 4.97. The molecule has 130 valence electrons. The number of pyridine rings is 1. The van der Waals surface area contributed by atoms with E-state index in [0.717, 1.165) is 28.2 Å². The van der Waals surface area contributed by atoms with Crippen LogP contribution in [0.25, 0.3) is 39.1 Å². The zero-order valence-corrected chi connectivity index (χ0v) is 14.9. The third-order valence-electron chi connectivity index (χ3n) is 4.84. The number of nitrogens with zero attached hydrogens (tertiary/aromatic N) is 4. The number of hydrogen-bond donors (Lipinski definition) is 0. The first kappa shape index (κ1) is 15.6. The molecule has 0 bridgehead atoms. The lowest BCUT2D eigenvalue weighted by Crippen LogP contribution is -1.99. The zero-order valence-electron chi connectivity index (χ0n) is 14.9. The minimum atomic E-state index is 0.953. The highest BCUT2D eigenvalue weighted by atomic mass is 15.3. The van der Waals surface area contributed by atoms with E-state index in [1.54, 1.807) is 6.20 Å². The lowest BCUT2D eigenvalue weighted by Gasteiger charge is -2.06. The highest BCUT2D eigenvalue weighted by Gasteiger charge is 2.16. The van der Waals surface area contributed by atoms with Crippen molar-refractivity contribution in [1.82, 2.24) is 19.3 Å². The molecule has 0 fully saturated rings. The van der Waals surface area contributed by atoms with E-state index in [1.165, 1.54) is 10.9 Å². The van der Waals surface area contributed by atoms with Crippen molar-refractivity contribution < 1.29 is 0 Å². The van der Waals surface area contributed by atoms with Gasteiger partial charge in [0, 0.05) is 47.7 Å². The molecule has 0 aliphatic heterocycles. The van der Waals surface area contributed by atoms with Crippen molar-refractivity contribution in [2.24, 2.45) is 7.05 Å². The molecule has 5 aromatic rings. The highest BCUT2D eigenvalue weighted by molar-refractivity contribution is 5.95. The SMILES string of the molecule is Cn1cc(-c2cc(-c3cccnc3)n(-c3ccccc3)n2)c2ccccc21. The minimum absolute atomic E-state index is 0.953. The maximum absolute atomic E-state index is 4.97. The van der Waals surface area contributed by atoms with E-state index in [-0.39, 0.29) is 0 Å². The van der Waals surface area contributed by atoms with Gasteiger partial charge in [-0.25, -0.2) is 4.68 Å². The van der Waals surface area contributed by atoms with Crippen molar-refractivity contribution in [2.75, 3.05) is 0 Å². The van der Waals surface area contributed by atoms with Crippen LogP contribution in [0.5, 0.6) is 0 Å². The molecule has 0 aliphatic carbocycles.